The van der Waals surface area contributed by atoms with Crippen LogP contribution in [-0.2, 0) is 28.6 Å². The average molecular weight is 1080 g/mol. The normalized spacial score (nSPS) is 12.4. The second-order valence-corrected chi connectivity index (χ2v) is 22.7. The molecule has 448 valence electrons. The minimum Gasteiger partial charge on any atom is -0.462 e. The van der Waals surface area contributed by atoms with Crippen molar-refractivity contribution in [2.45, 2.75) is 361 Å². The molecule has 0 saturated heterocycles. The molecule has 1 unspecified atom stereocenters. The van der Waals surface area contributed by atoms with Crippen molar-refractivity contribution < 1.29 is 28.6 Å². The second-order valence-electron chi connectivity index (χ2n) is 22.7. The summed E-state index contributed by atoms with van der Waals surface area (Å²) in [4.78, 5) is 38.3. The van der Waals surface area contributed by atoms with Crippen LogP contribution in [0.25, 0.3) is 0 Å². The molecular weight excluding hydrogens is 949 g/mol. The maximum atomic E-state index is 12.9. The molecule has 0 aliphatic carbocycles. The number of ether oxygens (including phenoxy) is 3. The Balaban J connectivity index is 4.23. The molecule has 0 saturated carbocycles. The van der Waals surface area contributed by atoms with Gasteiger partial charge in [0.15, 0.2) is 6.10 Å². The van der Waals surface area contributed by atoms with E-state index in [1.807, 2.05) is 0 Å². The van der Waals surface area contributed by atoms with Gasteiger partial charge in [0.2, 0.25) is 0 Å². The van der Waals surface area contributed by atoms with Crippen molar-refractivity contribution in [1.82, 2.24) is 0 Å². The van der Waals surface area contributed by atoms with Crippen LogP contribution in [0.4, 0.5) is 0 Å². The number of hydrogen-bond donors (Lipinski definition) is 0. The average Bonchev–Trinajstić information content (AvgIpc) is 3.43. The van der Waals surface area contributed by atoms with E-state index >= 15 is 0 Å². The summed E-state index contributed by atoms with van der Waals surface area (Å²) in [5.41, 5.74) is 0. The molecule has 0 amide bonds. The molecule has 1 atom stereocenters. The number of unbranched alkanes of at least 4 members (excludes halogenated alkanes) is 41. The van der Waals surface area contributed by atoms with E-state index in [1.165, 1.54) is 193 Å². The Labute approximate surface area is 479 Å². The smallest absolute Gasteiger partial charge is 0.306 e. The lowest BCUT2D eigenvalue weighted by Crippen LogP contribution is -2.30. The molecule has 6 nitrogen and oxygen atoms in total. The molecule has 0 heterocycles. The van der Waals surface area contributed by atoms with Gasteiger partial charge in [-0.2, -0.15) is 0 Å². The van der Waals surface area contributed by atoms with Crippen molar-refractivity contribution in [2.75, 3.05) is 13.2 Å². The molecule has 0 aromatic carbocycles. The highest BCUT2D eigenvalue weighted by Gasteiger charge is 2.19. The van der Waals surface area contributed by atoms with Crippen molar-refractivity contribution in [3.05, 3.63) is 60.8 Å². The van der Waals surface area contributed by atoms with Crippen LogP contribution in [0.15, 0.2) is 60.8 Å². The fourth-order valence-electron chi connectivity index (χ4n) is 9.96. The van der Waals surface area contributed by atoms with Gasteiger partial charge in [0.1, 0.15) is 13.2 Å². The number of hydrogen-bond acceptors (Lipinski definition) is 6. The van der Waals surface area contributed by atoms with Crippen molar-refractivity contribution in [3.8, 4) is 0 Å². The van der Waals surface area contributed by atoms with Gasteiger partial charge in [-0.15, -0.1) is 0 Å². The molecule has 0 spiro atoms. The summed E-state index contributed by atoms with van der Waals surface area (Å²) in [5.74, 6) is -0.895. The Morgan fingerprint density at radius 1 is 0.273 bits per heavy atom. The summed E-state index contributed by atoms with van der Waals surface area (Å²) >= 11 is 0. The summed E-state index contributed by atoms with van der Waals surface area (Å²) in [5, 5.41) is 0. The van der Waals surface area contributed by atoms with E-state index in [4.69, 9.17) is 14.2 Å². The van der Waals surface area contributed by atoms with E-state index in [9.17, 15) is 14.4 Å². The molecule has 0 fully saturated rings. The number of esters is 3. The number of carbonyl (C=O) groups excluding carboxylic acids is 3. The van der Waals surface area contributed by atoms with Crippen LogP contribution in [0.1, 0.15) is 355 Å². The quantitative estimate of drug-likeness (QED) is 0.0261. The minimum atomic E-state index is -0.789. The molecule has 6 heteroatoms. The standard InChI is InChI=1S/C71H128O6/c1-4-7-10-13-16-19-22-25-28-30-31-32-33-34-35-36-37-38-39-40-41-44-46-49-52-55-58-61-64-70(73)76-67-68(66-75-69(72)63-60-57-54-51-48-45-42-27-24-21-18-15-12-9-6-3)77-71(74)65-62-59-56-53-50-47-43-29-26-23-20-17-14-11-8-5-2/h9,12,18,20-21,23,27,29,42-43,68H,4-8,10-11,13-17,19,22,24-26,28,30-41,44-67H2,1-3H3/b12-9-,21-18-,23-20-,42-27-,43-29-. The van der Waals surface area contributed by atoms with Gasteiger partial charge < -0.3 is 14.2 Å². The Kier molecular flexibility index (Phi) is 63.2. The third-order valence-corrected chi connectivity index (χ3v) is 15.0. The Morgan fingerprint density at radius 2 is 0.506 bits per heavy atom. The van der Waals surface area contributed by atoms with Crippen molar-refractivity contribution in [2.24, 2.45) is 0 Å². The summed E-state index contributed by atoms with van der Waals surface area (Å²) in [6, 6.07) is 0. The predicted octanol–water partition coefficient (Wildman–Crippen LogP) is 23.1. The zero-order valence-corrected chi connectivity index (χ0v) is 51.5. The number of carbonyl (C=O) groups is 3. The van der Waals surface area contributed by atoms with Crippen molar-refractivity contribution in [3.63, 3.8) is 0 Å². The lowest BCUT2D eigenvalue weighted by molar-refractivity contribution is -0.167. The molecule has 0 N–H and O–H groups in total. The number of rotatable bonds is 62. The Morgan fingerprint density at radius 3 is 0.805 bits per heavy atom. The van der Waals surface area contributed by atoms with E-state index in [1.54, 1.807) is 0 Å². The monoisotopic (exact) mass is 1080 g/mol. The topological polar surface area (TPSA) is 78.9 Å². The first-order chi connectivity index (χ1) is 38.0. The predicted molar refractivity (Wildman–Crippen MR) is 335 cm³/mol. The fourth-order valence-corrected chi connectivity index (χ4v) is 9.96. The largest absolute Gasteiger partial charge is 0.462 e. The summed E-state index contributed by atoms with van der Waals surface area (Å²) in [7, 11) is 0. The molecule has 0 aromatic rings. The molecule has 0 aromatic heterocycles. The van der Waals surface area contributed by atoms with Gasteiger partial charge in [0.05, 0.1) is 0 Å². The van der Waals surface area contributed by atoms with Gasteiger partial charge in [-0.05, 0) is 83.5 Å². The summed E-state index contributed by atoms with van der Waals surface area (Å²) in [6.07, 6.45) is 83.9. The van der Waals surface area contributed by atoms with Crippen LogP contribution in [0.5, 0.6) is 0 Å². The third kappa shape index (κ3) is 63.8. The third-order valence-electron chi connectivity index (χ3n) is 15.0. The second kappa shape index (κ2) is 65.6. The minimum absolute atomic E-state index is 0.0826. The zero-order chi connectivity index (χ0) is 55.7. The zero-order valence-electron chi connectivity index (χ0n) is 51.5. The van der Waals surface area contributed by atoms with E-state index < -0.39 is 6.10 Å². The van der Waals surface area contributed by atoms with E-state index in [0.717, 1.165) is 122 Å². The van der Waals surface area contributed by atoms with E-state index in [0.29, 0.717) is 19.3 Å². The summed E-state index contributed by atoms with van der Waals surface area (Å²) in [6.45, 7) is 6.54. The van der Waals surface area contributed by atoms with Crippen LogP contribution in [0.2, 0.25) is 0 Å². The lowest BCUT2D eigenvalue weighted by Gasteiger charge is -2.18. The Hall–Kier alpha value is -2.89. The molecule has 0 rings (SSSR count). The van der Waals surface area contributed by atoms with Gasteiger partial charge >= 0.3 is 17.9 Å². The van der Waals surface area contributed by atoms with Crippen molar-refractivity contribution >= 4 is 17.9 Å². The van der Waals surface area contributed by atoms with E-state index in [2.05, 4.69) is 81.5 Å². The van der Waals surface area contributed by atoms with Gasteiger partial charge in [-0.3, -0.25) is 14.4 Å². The molecular formula is C71H128O6. The van der Waals surface area contributed by atoms with Crippen LogP contribution >= 0.6 is 0 Å². The molecule has 0 bridgehead atoms. The molecule has 0 aliphatic heterocycles. The van der Waals surface area contributed by atoms with Gasteiger partial charge in [0.25, 0.3) is 0 Å². The SMILES string of the molecule is CC/C=C\C/C=C\C/C=C\CCCCCCCC(=O)OCC(COC(=O)CCCCCCCCCCCCCCCCCCCCCCCCCCCCCC)OC(=O)CCCCCCC/C=C\C/C=C\CCCCCC. The van der Waals surface area contributed by atoms with Crippen LogP contribution in [0, 0.1) is 0 Å². The lowest BCUT2D eigenvalue weighted by atomic mass is 10.0. The number of allylic oxidation sites excluding steroid dienone is 10. The van der Waals surface area contributed by atoms with Crippen LogP contribution in [0.3, 0.4) is 0 Å². The highest BCUT2D eigenvalue weighted by atomic mass is 16.6. The van der Waals surface area contributed by atoms with E-state index in [-0.39, 0.29) is 31.1 Å². The van der Waals surface area contributed by atoms with Crippen LogP contribution < -0.4 is 0 Å². The van der Waals surface area contributed by atoms with Gasteiger partial charge in [-0.1, -0.05) is 313 Å². The first-order valence-electron chi connectivity index (χ1n) is 33.8. The van der Waals surface area contributed by atoms with Crippen molar-refractivity contribution in [1.29, 1.82) is 0 Å². The Bertz CT molecular complexity index is 1380. The maximum absolute atomic E-state index is 12.9. The first-order valence-corrected chi connectivity index (χ1v) is 33.8. The van der Waals surface area contributed by atoms with Crippen LogP contribution in [-0.4, -0.2) is 37.2 Å². The molecule has 0 radical (unpaired) electrons. The maximum Gasteiger partial charge on any atom is 0.306 e. The first kappa shape index (κ1) is 74.1. The molecule has 77 heavy (non-hydrogen) atoms. The highest BCUT2D eigenvalue weighted by Crippen LogP contribution is 2.18. The van der Waals surface area contributed by atoms with Gasteiger partial charge in [-0.25, -0.2) is 0 Å². The fraction of sp³-hybridized carbons (Fsp3) is 0.817. The van der Waals surface area contributed by atoms with Gasteiger partial charge in [0, 0.05) is 19.3 Å². The summed E-state index contributed by atoms with van der Waals surface area (Å²) < 4.78 is 16.9. The highest BCUT2D eigenvalue weighted by molar-refractivity contribution is 5.71. The molecule has 0 aliphatic rings.